The summed E-state index contributed by atoms with van der Waals surface area (Å²) in [5.74, 6) is -0.513. The molecule has 1 nitrogen and oxygen atoms in total. The number of rotatable bonds is 2. The molecule has 0 atom stereocenters. The molecule has 1 rings (SSSR count). The van der Waals surface area contributed by atoms with Gasteiger partial charge in [-0.3, -0.25) is 0 Å². The minimum absolute atomic E-state index is 0.123. The lowest BCUT2D eigenvalue weighted by atomic mass is 9.92. The topological polar surface area (TPSA) is 26.0 Å². The molecule has 1 aromatic rings. The first-order valence-corrected chi connectivity index (χ1v) is 4.50. The molecule has 0 aliphatic rings. The molecule has 0 aliphatic heterocycles. The Morgan fingerprint density at radius 3 is 2.29 bits per heavy atom. The summed E-state index contributed by atoms with van der Waals surface area (Å²) in [6.07, 6.45) is 0. The zero-order chi connectivity index (χ0) is 10.9. The molecule has 0 saturated carbocycles. The fraction of sp³-hybridized carbons (Fsp3) is 0.455. The van der Waals surface area contributed by atoms with Gasteiger partial charge in [-0.2, -0.15) is 0 Å². The van der Waals surface area contributed by atoms with E-state index in [0.29, 0.717) is 11.1 Å². The molecule has 0 saturated heterocycles. The Labute approximate surface area is 82.9 Å². The van der Waals surface area contributed by atoms with Crippen molar-refractivity contribution in [2.24, 2.45) is 5.73 Å². The second-order valence-electron chi connectivity index (χ2n) is 4.11. The van der Waals surface area contributed by atoms with Crippen LogP contribution in [0.2, 0.25) is 0 Å². The van der Waals surface area contributed by atoms with Crippen LogP contribution in [0.15, 0.2) is 12.1 Å². The van der Waals surface area contributed by atoms with Crippen LogP contribution in [0, 0.1) is 12.7 Å². The van der Waals surface area contributed by atoms with Gasteiger partial charge in [0.25, 0.3) is 0 Å². The van der Waals surface area contributed by atoms with Gasteiger partial charge < -0.3 is 5.73 Å². The predicted octanol–water partition coefficient (Wildman–Crippen LogP) is 2.80. The van der Waals surface area contributed by atoms with E-state index >= 15 is 0 Å². The van der Waals surface area contributed by atoms with E-state index in [0.717, 1.165) is 0 Å². The molecule has 0 fully saturated rings. The van der Waals surface area contributed by atoms with Gasteiger partial charge in [-0.05, 0) is 38.0 Å². The Morgan fingerprint density at radius 1 is 1.36 bits per heavy atom. The van der Waals surface area contributed by atoms with Gasteiger partial charge >= 0.3 is 0 Å². The molecule has 0 amide bonds. The van der Waals surface area contributed by atoms with Gasteiger partial charge in [0.05, 0.1) is 0 Å². The third kappa shape index (κ3) is 2.10. The normalized spacial score (nSPS) is 11.9. The van der Waals surface area contributed by atoms with E-state index in [9.17, 15) is 8.78 Å². The maximum absolute atomic E-state index is 13.3. The molecule has 0 bridgehead atoms. The van der Waals surface area contributed by atoms with E-state index < -0.39 is 18.0 Å². The van der Waals surface area contributed by atoms with E-state index in [1.807, 2.05) is 0 Å². The zero-order valence-electron chi connectivity index (χ0n) is 8.70. The molecule has 78 valence electrons. The van der Waals surface area contributed by atoms with Crippen LogP contribution < -0.4 is 5.73 Å². The molecule has 0 heterocycles. The Kier molecular flexibility index (Phi) is 2.90. The average Bonchev–Trinajstić information content (AvgIpc) is 2.01. The van der Waals surface area contributed by atoms with Crippen molar-refractivity contribution < 1.29 is 8.78 Å². The summed E-state index contributed by atoms with van der Waals surface area (Å²) in [6.45, 7) is 4.49. The summed E-state index contributed by atoms with van der Waals surface area (Å²) in [7, 11) is 0. The number of halogens is 2. The van der Waals surface area contributed by atoms with E-state index in [4.69, 9.17) is 5.73 Å². The fourth-order valence-electron chi connectivity index (χ4n) is 1.32. The lowest BCUT2D eigenvalue weighted by Gasteiger charge is -2.20. The molecule has 0 unspecified atom stereocenters. The average molecular weight is 199 g/mol. The summed E-state index contributed by atoms with van der Waals surface area (Å²) in [5, 5.41) is 0. The van der Waals surface area contributed by atoms with Crippen molar-refractivity contribution in [3.63, 3.8) is 0 Å². The first-order valence-electron chi connectivity index (χ1n) is 4.50. The highest BCUT2D eigenvalue weighted by atomic mass is 19.1. The quantitative estimate of drug-likeness (QED) is 0.778. The monoisotopic (exact) mass is 199 g/mol. The number of hydrogen-bond donors (Lipinski definition) is 1. The minimum atomic E-state index is -0.775. The number of nitrogens with two attached hydrogens (primary N) is 1. The van der Waals surface area contributed by atoms with Crippen molar-refractivity contribution in [3.8, 4) is 0 Å². The van der Waals surface area contributed by atoms with Gasteiger partial charge in [0, 0.05) is 11.1 Å². The third-order valence-electron chi connectivity index (χ3n) is 2.30. The van der Waals surface area contributed by atoms with Crippen molar-refractivity contribution in [3.05, 3.63) is 34.6 Å². The van der Waals surface area contributed by atoms with Gasteiger partial charge in [0.15, 0.2) is 0 Å². The summed E-state index contributed by atoms with van der Waals surface area (Å²) in [4.78, 5) is 0. The first kappa shape index (κ1) is 11.1. The molecule has 0 aliphatic carbocycles. The third-order valence-corrected chi connectivity index (χ3v) is 2.30. The van der Waals surface area contributed by atoms with Crippen molar-refractivity contribution in [1.82, 2.24) is 0 Å². The number of alkyl halides is 1. The highest BCUT2D eigenvalue weighted by molar-refractivity contribution is 5.35. The lowest BCUT2D eigenvalue weighted by molar-refractivity contribution is 0.458. The van der Waals surface area contributed by atoms with Crippen LogP contribution in [0.4, 0.5) is 8.78 Å². The van der Waals surface area contributed by atoms with Crippen molar-refractivity contribution in [2.75, 3.05) is 0 Å². The van der Waals surface area contributed by atoms with Crippen LogP contribution in [0.1, 0.15) is 30.5 Å². The van der Waals surface area contributed by atoms with Gasteiger partial charge in [0.2, 0.25) is 0 Å². The van der Waals surface area contributed by atoms with Crippen LogP contribution in [-0.2, 0) is 12.2 Å². The van der Waals surface area contributed by atoms with E-state index in [1.165, 1.54) is 6.07 Å². The second-order valence-corrected chi connectivity index (χ2v) is 4.11. The van der Waals surface area contributed by atoms with Gasteiger partial charge in [-0.15, -0.1) is 0 Å². The number of benzene rings is 1. The molecule has 3 heteroatoms. The van der Waals surface area contributed by atoms with Gasteiger partial charge in [-0.1, -0.05) is 6.07 Å². The summed E-state index contributed by atoms with van der Waals surface area (Å²) < 4.78 is 25.8. The Balaban J connectivity index is 3.28. The highest BCUT2D eigenvalue weighted by Crippen LogP contribution is 2.23. The highest BCUT2D eigenvalue weighted by Gasteiger charge is 2.17. The van der Waals surface area contributed by atoms with Gasteiger partial charge in [-0.25, -0.2) is 8.78 Å². The molecular weight excluding hydrogens is 184 g/mol. The van der Waals surface area contributed by atoms with Gasteiger partial charge in [0.1, 0.15) is 12.5 Å². The Bertz CT molecular complexity index is 317. The predicted molar refractivity (Wildman–Crippen MR) is 53.2 cm³/mol. The molecule has 0 aromatic heterocycles. The van der Waals surface area contributed by atoms with Crippen molar-refractivity contribution in [2.45, 2.75) is 33.0 Å². The maximum atomic E-state index is 13.3. The molecule has 14 heavy (non-hydrogen) atoms. The summed E-state index contributed by atoms with van der Waals surface area (Å²) >= 11 is 0. The fourth-order valence-corrected chi connectivity index (χ4v) is 1.32. The SMILES string of the molecule is Cc1cc(C(C)(C)N)cc(F)c1CF. The number of hydrogen-bond acceptors (Lipinski definition) is 1. The van der Waals surface area contributed by atoms with E-state index in [1.54, 1.807) is 26.8 Å². The molecule has 2 N–H and O–H groups in total. The second kappa shape index (κ2) is 3.65. The lowest BCUT2D eigenvalue weighted by Crippen LogP contribution is -2.29. The Morgan fingerprint density at radius 2 is 1.93 bits per heavy atom. The van der Waals surface area contributed by atoms with E-state index in [2.05, 4.69) is 0 Å². The summed E-state index contributed by atoms with van der Waals surface area (Å²) in [6, 6.07) is 3.04. The molecular formula is C11H15F2N. The minimum Gasteiger partial charge on any atom is -0.322 e. The van der Waals surface area contributed by atoms with Crippen molar-refractivity contribution in [1.29, 1.82) is 0 Å². The summed E-state index contributed by atoms with van der Waals surface area (Å²) in [5.41, 5.74) is 6.65. The van der Waals surface area contributed by atoms with Crippen molar-refractivity contribution >= 4 is 0 Å². The molecule has 0 spiro atoms. The smallest absolute Gasteiger partial charge is 0.129 e. The van der Waals surface area contributed by atoms with Crippen LogP contribution >= 0.6 is 0 Å². The van der Waals surface area contributed by atoms with Crippen LogP contribution in [-0.4, -0.2) is 0 Å². The number of aryl methyl sites for hydroxylation is 1. The Hall–Kier alpha value is -0.960. The largest absolute Gasteiger partial charge is 0.322 e. The first-order chi connectivity index (χ1) is 6.36. The zero-order valence-corrected chi connectivity index (χ0v) is 8.70. The van der Waals surface area contributed by atoms with Crippen LogP contribution in [0.25, 0.3) is 0 Å². The standard InChI is InChI=1S/C11H15F2N/c1-7-4-8(11(2,3)14)5-10(13)9(7)6-12/h4-5H,6,14H2,1-3H3. The molecule has 0 radical (unpaired) electrons. The maximum Gasteiger partial charge on any atom is 0.129 e. The molecule has 1 aromatic carbocycles. The van der Waals surface area contributed by atoms with Crippen LogP contribution in [0.5, 0.6) is 0 Å². The van der Waals surface area contributed by atoms with E-state index in [-0.39, 0.29) is 5.56 Å². The van der Waals surface area contributed by atoms with Crippen LogP contribution in [0.3, 0.4) is 0 Å².